The number of hydrogen-bond acceptors (Lipinski definition) is 6. The van der Waals surface area contributed by atoms with Crippen molar-refractivity contribution in [1.82, 2.24) is 0 Å². The van der Waals surface area contributed by atoms with Crippen LogP contribution in [0.4, 0.5) is 0 Å². The van der Waals surface area contributed by atoms with Crippen molar-refractivity contribution in [3.8, 4) is 23.0 Å². The maximum atomic E-state index is 12.3. The lowest BCUT2D eigenvalue weighted by Gasteiger charge is -2.39. The van der Waals surface area contributed by atoms with Gasteiger partial charge in [0.1, 0.15) is 23.0 Å². The normalized spacial score (nSPS) is 19.2. The molecule has 28 heavy (non-hydrogen) atoms. The molecule has 1 N–H and O–H groups in total. The number of phenols is 1. The van der Waals surface area contributed by atoms with Crippen LogP contribution in [0, 0.1) is 0 Å². The van der Waals surface area contributed by atoms with Gasteiger partial charge in [-0.05, 0) is 36.4 Å². The molecule has 0 radical (unpaired) electrons. The Morgan fingerprint density at radius 2 is 1.82 bits per heavy atom. The van der Waals surface area contributed by atoms with Crippen molar-refractivity contribution in [3.63, 3.8) is 0 Å². The van der Waals surface area contributed by atoms with Crippen LogP contribution in [0.25, 0.3) is 10.8 Å². The van der Waals surface area contributed by atoms with Crippen molar-refractivity contribution in [2.75, 3.05) is 13.9 Å². The number of aromatic hydroxyl groups is 1. The summed E-state index contributed by atoms with van der Waals surface area (Å²) in [6.45, 7) is 0.127. The first-order valence-corrected chi connectivity index (χ1v) is 8.74. The molecule has 3 aromatic rings. The maximum absolute atomic E-state index is 12.3. The average Bonchev–Trinajstić information content (AvgIpc) is 2.71. The highest BCUT2D eigenvalue weighted by Crippen LogP contribution is 2.49. The van der Waals surface area contributed by atoms with Crippen LogP contribution in [0.1, 0.15) is 15.9 Å². The van der Waals surface area contributed by atoms with Crippen molar-refractivity contribution in [3.05, 3.63) is 71.8 Å². The van der Waals surface area contributed by atoms with Crippen LogP contribution < -0.4 is 14.2 Å². The summed E-state index contributed by atoms with van der Waals surface area (Å²) in [4.78, 5) is 12.3. The van der Waals surface area contributed by atoms with Crippen LogP contribution in [-0.4, -0.2) is 24.8 Å². The van der Waals surface area contributed by atoms with Crippen LogP contribution in [0.2, 0.25) is 0 Å². The van der Waals surface area contributed by atoms with Gasteiger partial charge in [0.2, 0.25) is 0 Å². The molecule has 1 spiro atoms. The molecule has 0 saturated heterocycles. The van der Waals surface area contributed by atoms with Crippen LogP contribution in [0.15, 0.2) is 60.7 Å². The summed E-state index contributed by atoms with van der Waals surface area (Å²) >= 11 is 0. The predicted octanol–water partition coefficient (Wildman–Crippen LogP) is 3.90. The summed E-state index contributed by atoms with van der Waals surface area (Å²) in [5.74, 6) is 0.102. The predicted molar refractivity (Wildman–Crippen MR) is 101 cm³/mol. The van der Waals surface area contributed by atoms with E-state index in [1.165, 1.54) is 12.1 Å². The molecule has 6 heteroatoms. The number of ether oxygens (including phenoxy) is 4. The molecule has 3 aromatic carbocycles. The minimum Gasteiger partial charge on any atom is -0.507 e. The number of benzene rings is 3. The fraction of sp³-hybridized carbons (Fsp3) is 0.136. The minimum absolute atomic E-state index is 0.106. The van der Waals surface area contributed by atoms with Gasteiger partial charge in [0, 0.05) is 18.6 Å². The van der Waals surface area contributed by atoms with Gasteiger partial charge in [-0.15, -0.1) is 0 Å². The maximum Gasteiger partial charge on any atom is 0.299 e. The second-order valence-electron chi connectivity index (χ2n) is 6.56. The number of fused-ring (bicyclic) bond motifs is 2. The van der Waals surface area contributed by atoms with E-state index in [4.69, 9.17) is 18.9 Å². The van der Waals surface area contributed by atoms with Crippen molar-refractivity contribution in [1.29, 1.82) is 0 Å². The number of allylic oxidation sites excluding steroid dienone is 1. The van der Waals surface area contributed by atoms with Gasteiger partial charge in [-0.3, -0.25) is 4.79 Å². The van der Waals surface area contributed by atoms with E-state index in [-0.39, 0.29) is 23.9 Å². The van der Waals surface area contributed by atoms with E-state index >= 15 is 0 Å². The summed E-state index contributed by atoms with van der Waals surface area (Å²) in [7, 11) is 1.56. The SMILES string of the molecule is COCOc1ccc2c3c(cccc13)OC1(C=CC(=O)c3c(O)cccc31)O2. The zero-order chi connectivity index (χ0) is 19.3. The lowest BCUT2D eigenvalue weighted by atomic mass is 9.89. The highest BCUT2D eigenvalue weighted by atomic mass is 16.7. The second kappa shape index (κ2) is 6.00. The molecule has 1 unspecified atom stereocenters. The molecule has 1 heterocycles. The second-order valence-corrected chi connectivity index (χ2v) is 6.56. The number of rotatable bonds is 3. The van der Waals surface area contributed by atoms with Crippen LogP contribution in [0.5, 0.6) is 23.0 Å². The molecule has 5 rings (SSSR count). The topological polar surface area (TPSA) is 74.2 Å². The molecular weight excluding hydrogens is 360 g/mol. The third kappa shape index (κ3) is 2.28. The summed E-state index contributed by atoms with van der Waals surface area (Å²) in [6, 6.07) is 14.1. The van der Waals surface area contributed by atoms with Crippen LogP contribution in [-0.2, 0) is 10.5 Å². The molecule has 0 amide bonds. The molecule has 0 saturated carbocycles. The van der Waals surface area contributed by atoms with Crippen LogP contribution in [0.3, 0.4) is 0 Å². The van der Waals surface area contributed by atoms with E-state index in [0.717, 1.165) is 10.8 Å². The summed E-state index contributed by atoms with van der Waals surface area (Å²) in [5, 5.41) is 11.8. The molecule has 0 aromatic heterocycles. The van der Waals surface area contributed by atoms with Gasteiger partial charge in [-0.25, -0.2) is 0 Å². The Labute approximate surface area is 160 Å². The summed E-state index contributed by atoms with van der Waals surface area (Å²) < 4.78 is 23.2. The van der Waals surface area contributed by atoms with Crippen LogP contribution >= 0.6 is 0 Å². The lowest BCUT2D eigenvalue weighted by Crippen LogP contribution is -2.42. The van der Waals surface area contributed by atoms with E-state index in [1.54, 1.807) is 37.5 Å². The number of carbonyl (C=O) groups is 1. The first-order valence-electron chi connectivity index (χ1n) is 8.74. The van der Waals surface area contributed by atoms with Gasteiger partial charge in [0.05, 0.1) is 16.5 Å². The van der Waals surface area contributed by atoms with E-state index in [0.29, 0.717) is 22.8 Å². The fourth-order valence-electron chi connectivity index (χ4n) is 3.71. The molecule has 1 aliphatic carbocycles. The quantitative estimate of drug-likeness (QED) is 0.699. The van der Waals surface area contributed by atoms with Crippen molar-refractivity contribution >= 4 is 16.6 Å². The van der Waals surface area contributed by atoms with E-state index in [1.807, 2.05) is 18.2 Å². The summed E-state index contributed by atoms with van der Waals surface area (Å²) in [6.07, 6.45) is 2.94. The molecule has 140 valence electrons. The number of hydrogen-bond donors (Lipinski definition) is 1. The monoisotopic (exact) mass is 376 g/mol. The molecule has 1 atom stereocenters. The molecule has 0 bridgehead atoms. The van der Waals surface area contributed by atoms with Gasteiger partial charge < -0.3 is 24.1 Å². The number of ketones is 1. The third-order valence-electron chi connectivity index (χ3n) is 4.90. The smallest absolute Gasteiger partial charge is 0.299 e. The number of carbonyl (C=O) groups excluding carboxylic acids is 1. The fourth-order valence-corrected chi connectivity index (χ4v) is 3.71. The van der Waals surface area contributed by atoms with Crippen molar-refractivity contribution < 1.29 is 28.8 Å². The van der Waals surface area contributed by atoms with E-state index in [9.17, 15) is 9.90 Å². The van der Waals surface area contributed by atoms with Gasteiger partial charge >= 0.3 is 0 Å². The summed E-state index contributed by atoms with van der Waals surface area (Å²) in [5.41, 5.74) is 0.642. The molecule has 1 aliphatic heterocycles. The minimum atomic E-state index is -1.34. The Balaban J connectivity index is 1.69. The van der Waals surface area contributed by atoms with Crippen molar-refractivity contribution in [2.45, 2.75) is 5.79 Å². The van der Waals surface area contributed by atoms with Gasteiger partial charge in [0.25, 0.3) is 5.79 Å². The zero-order valence-electron chi connectivity index (χ0n) is 15.0. The Morgan fingerprint density at radius 3 is 2.64 bits per heavy atom. The van der Waals surface area contributed by atoms with Crippen molar-refractivity contribution in [2.24, 2.45) is 0 Å². The largest absolute Gasteiger partial charge is 0.507 e. The Bertz CT molecular complexity index is 1130. The first-order chi connectivity index (χ1) is 13.6. The molecule has 0 fully saturated rings. The number of methoxy groups -OCH3 is 1. The Morgan fingerprint density at radius 1 is 1.04 bits per heavy atom. The van der Waals surface area contributed by atoms with E-state index < -0.39 is 5.79 Å². The molecule has 6 nitrogen and oxygen atoms in total. The highest BCUT2D eigenvalue weighted by Gasteiger charge is 2.45. The lowest BCUT2D eigenvalue weighted by molar-refractivity contribution is -0.0841. The Hall–Kier alpha value is -3.51. The standard InChI is InChI=1S/C22H16O6/c1-25-12-26-17-8-9-19-20-13(17)4-2-7-18(20)27-22(28-19)11-10-16(24)21-14(22)5-3-6-15(21)23/h2-11,23H,12H2,1H3. The molecular formula is C22H16O6. The molecule has 2 aliphatic rings. The zero-order valence-corrected chi connectivity index (χ0v) is 15.0. The first kappa shape index (κ1) is 16.6. The van der Waals surface area contributed by atoms with E-state index in [2.05, 4.69) is 0 Å². The average molecular weight is 376 g/mol. The Kier molecular flexibility index (Phi) is 3.57. The highest BCUT2D eigenvalue weighted by molar-refractivity contribution is 6.09. The third-order valence-corrected chi connectivity index (χ3v) is 4.90. The van der Waals surface area contributed by atoms with Gasteiger partial charge in [-0.1, -0.05) is 18.2 Å². The van der Waals surface area contributed by atoms with Gasteiger partial charge in [0.15, 0.2) is 12.6 Å². The van der Waals surface area contributed by atoms with Gasteiger partial charge in [-0.2, -0.15) is 0 Å². The number of phenolic OH excluding ortho intramolecular Hbond substituents is 1.